The van der Waals surface area contributed by atoms with Crippen LogP contribution in [0.2, 0.25) is 0 Å². The number of ether oxygens (including phenoxy) is 1. The van der Waals surface area contributed by atoms with Crippen molar-refractivity contribution in [3.8, 4) is 0 Å². The maximum absolute atomic E-state index is 12.8. The van der Waals surface area contributed by atoms with Gasteiger partial charge in [-0.1, -0.05) is 6.08 Å². The fourth-order valence-corrected chi connectivity index (χ4v) is 2.77. The molecule has 3 amide bonds. The lowest BCUT2D eigenvalue weighted by Crippen LogP contribution is -2.65. The van der Waals surface area contributed by atoms with E-state index in [-0.39, 0.29) is 11.8 Å². The molecule has 1 aliphatic carbocycles. The van der Waals surface area contributed by atoms with Crippen LogP contribution in [-0.4, -0.2) is 35.1 Å². The van der Waals surface area contributed by atoms with Crippen molar-refractivity contribution in [1.82, 2.24) is 10.6 Å². The summed E-state index contributed by atoms with van der Waals surface area (Å²) in [4.78, 5) is 35.6. The number of carbonyl (C=O) groups excluding carboxylic acids is 3. The molecule has 3 unspecified atom stereocenters. The number of nitrogens with one attached hydrogen (secondary N) is 2. The highest BCUT2D eigenvalue weighted by Crippen LogP contribution is 2.38. The molecular formula is C15H25N3O4. The third-order valence-electron chi connectivity index (χ3n) is 3.54. The van der Waals surface area contributed by atoms with Crippen LogP contribution in [0.5, 0.6) is 0 Å². The highest BCUT2D eigenvalue weighted by Gasteiger charge is 2.55. The minimum absolute atomic E-state index is 0.0677. The Hall–Kier alpha value is -2.05. The van der Waals surface area contributed by atoms with Gasteiger partial charge >= 0.3 is 6.09 Å². The lowest BCUT2D eigenvalue weighted by molar-refractivity contribution is -0.138. The van der Waals surface area contributed by atoms with E-state index in [4.69, 9.17) is 10.5 Å². The largest absolute Gasteiger partial charge is 0.443 e. The van der Waals surface area contributed by atoms with Gasteiger partial charge in [0, 0.05) is 12.5 Å². The predicted molar refractivity (Wildman–Crippen MR) is 81.8 cm³/mol. The number of nitrogens with two attached hydrogens (primary N) is 1. The molecule has 4 N–H and O–H groups in total. The van der Waals surface area contributed by atoms with Gasteiger partial charge in [-0.05, 0) is 39.5 Å². The molecule has 1 rings (SSSR count). The smallest absolute Gasteiger partial charge is 0.404 e. The highest BCUT2D eigenvalue weighted by molar-refractivity contribution is 5.92. The van der Waals surface area contributed by atoms with E-state index in [0.29, 0.717) is 12.8 Å². The van der Waals surface area contributed by atoms with Gasteiger partial charge in [-0.15, -0.1) is 6.58 Å². The molecule has 0 aliphatic heterocycles. The first-order valence-corrected chi connectivity index (χ1v) is 7.20. The van der Waals surface area contributed by atoms with Crippen molar-refractivity contribution in [2.24, 2.45) is 11.7 Å². The molecule has 7 nitrogen and oxygen atoms in total. The van der Waals surface area contributed by atoms with Crippen molar-refractivity contribution in [3.63, 3.8) is 0 Å². The van der Waals surface area contributed by atoms with E-state index in [1.807, 2.05) is 20.8 Å². The molecule has 7 heteroatoms. The van der Waals surface area contributed by atoms with E-state index in [1.54, 1.807) is 6.08 Å². The van der Waals surface area contributed by atoms with Crippen molar-refractivity contribution in [3.05, 3.63) is 12.7 Å². The summed E-state index contributed by atoms with van der Waals surface area (Å²) >= 11 is 0. The summed E-state index contributed by atoms with van der Waals surface area (Å²) in [6, 6.07) is 0. The van der Waals surface area contributed by atoms with Crippen LogP contribution in [0, 0.1) is 5.92 Å². The number of primary amides is 1. The summed E-state index contributed by atoms with van der Waals surface area (Å²) in [7, 11) is 0. The Morgan fingerprint density at radius 3 is 2.36 bits per heavy atom. The Balaban J connectivity index is 3.20. The molecule has 3 atom stereocenters. The maximum Gasteiger partial charge on any atom is 0.404 e. The first-order valence-electron chi connectivity index (χ1n) is 7.20. The zero-order chi connectivity index (χ0) is 17.1. The molecular weight excluding hydrogens is 286 g/mol. The SMILES string of the molecule is C=CC1CC(OC(N)=O)C(NC(C)=O)(C(=O)NC(C)(C)C)C1. The van der Waals surface area contributed by atoms with E-state index in [9.17, 15) is 14.4 Å². The second-order valence-corrected chi connectivity index (χ2v) is 6.72. The fraction of sp³-hybridized carbons (Fsp3) is 0.667. The average molecular weight is 311 g/mol. The summed E-state index contributed by atoms with van der Waals surface area (Å²) < 4.78 is 5.11. The van der Waals surface area contributed by atoms with Gasteiger partial charge in [-0.25, -0.2) is 4.79 Å². The summed E-state index contributed by atoms with van der Waals surface area (Å²) in [6.45, 7) is 10.5. The zero-order valence-corrected chi connectivity index (χ0v) is 13.6. The van der Waals surface area contributed by atoms with Crippen molar-refractivity contribution >= 4 is 17.9 Å². The van der Waals surface area contributed by atoms with Crippen molar-refractivity contribution in [1.29, 1.82) is 0 Å². The van der Waals surface area contributed by atoms with Gasteiger partial charge in [0.25, 0.3) is 0 Å². The molecule has 0 bridgehead atoms. The van der Waals surface area contributed by atoms with E-state index in [1.165, 1.54) is 6.92 Å². The Bertz CT molecular complexity index is 484. The molecule has 0 aromatic carbocycles. The lowest BCUT2D eigenvalue weighted by Gasteiger charge is -2.36. The highest BCUT2D eigenvalue weighted by atomic mass is 16.6. The third kappa shape index (κ3) is 4.22. The molecule has 0 aromatic rings. The molecule has 22 heavy (non-hydrogen) atoms. The molecule has 124 valence electrons. The second kappa shape index (κ2) is 6.37. The van der Waals surface area contributed by atoms with Crippen molar-refractivity contribution < 1.29 is 19.1 Å². The topological polar surface area (TPSA) is 111 Å². The Kier molecular flexibility index (Phi) is 5.22. The molecule has 0 aromatic heterocycles. The number of carbonyl (C=O) groups is 3. The third-order valence-corrected chi connectivity index (χ3v) is 3.54. The number of hydrogen-bond acceptors (Lipinski definition) is 4. The predicted octanol–water partition coefficient (Wildman–Crippen LogP) is 0.836. The van der Waals surface area contributed by atoms with Gasteiger partial charge in [0.05, 0.1) is 0 Å². The molecule has 1 aliphatic rings. The van der Waals surface area contributed by atoms with Gasteiger partial charge < -0.3 is 21.1 Å². The quantitative estimate of drug-likeness (QED) is 0.668. The van der Waals surface area contributed by atoms with Gasteiger partial charge in [0.1, 0.15) is 6.10 Å². The zero-order valence-electron chi connectivity index (χ0n) is 13.6. The Labute approximate surface area is 130 Å². The summed E-state index contributed by atoms with van der Waals surface area (Å²) in [5, 5.41) is 5.50. The standard InChI is InChI=1S/C15H25N3O4/c1-6-10-7-11(22-13(16)21)15(8-10,17-9(2)19)12(20)18-14(3,4)5/h6,10-11H,1,7-8H2,2-5H3,(H2,16,21)(H,17,19)(H,18,20). The van der Waals surface area contributed by atoms with E-state index in [2.05, 4.69) is 17.2 Å². The molecule has 1 fully saturated rings. The molecule has 0 radical (unpaired) electrons. The fourth-order valence-electron chi connectivity index (χ4n) is 2.77. The average Bonchev–Trinajstić information content (AvgIpc) is 2.65. The molecule has 0 saturated heterocycles. The number of hydrogen-bond donors (Lipinski definition) is 3. The number of amides is 3. The lowest BCUT2D eigenvalue weighted by atomic mass is 9.91. The van der Waals surface area contributed by atoms with E-state index in [0.717, 1.165) is 0 Å². The van der Waals surface area contributed by atoms with Crippen LogP contribution in [0.1, 0.15) is 40.5 Å². The van der Waals surface area contributed by atoms with Gasteiger partial charge in [0.15, 0.2) is 5.54 Å². The summed E-state index contributed by atoms with van der Waals surface area (Å²) in [5.74, 6) is -0.848. The Morgan fingerprint density at radius 2 is 1.95 bits per heavy atom. The van der Waals surface area contributed by atoms with E-state index >= 15 is 0 Å². The monoisotopic (exact) mass is 311 g/mol. The number of rotatable bonds is 4. The van der Waals surface area contributed by atoms with Crippen molar-refractivity contribution in [2.45, 2.75) is 57.7 Å². The summed E-state index contributed by atoms with van der Waals surface area (Å²) in [5.41, 5.74) is 3.27. The summed E-state index contributed by atoms with van der Waals surface area (Å²) in [6.07, 6.45) is 0.554. The van der Waals surface area contributed by atoms with Crippen molar-refractivity contribution in [2.75, 3.05) is 0 Å². The van der Waals surface area contributed by atoms with Crippen LogP contribution < -0.4 is 16.4 Å². The first-order chi connectivity index (χ1) is 10.00. The first kappa shape index (κ1) is 18.0. The maximum atomic E-state index is 12.8. The number of allylic oxidation sites excluding steroid dienone is 1. The van der Waals surface area contributed by atoms with E-state index < -0.39 is 29.2 Å². The van der Waals surface area contributed by atoms with Crippen LogP contribution in [0.3, 0.4) is 0 Å². The van der Waals surface area contributed by atoms with Gasteiger partial charge in [-0.3, -0.25) is 9.59 Å². The minimum atomic E-state index is -1.34. The van der Waals surface area contributed by atoms with Crippen LogP contribution in [-0.2, 0) is 14.3 Å². The van der Waals surface area contributed by atoms with Crippen LogP contribution in [0.4, 0.5) is 4.79 Å². The molecule has 0 heterocycles. The second-order valence-electron chi connectivity index (χ2n) is 6.72. The minimum Gasteiger partial charge on any atom is -0.443 e. The normalized spacial score (nSPS) is 27.8. The van der Waals surface area contributed by atoms with Crippen LogP contribution in [0.15, 0.2) is 12.7 Å². The Morgan fingerprint density at radius 1 is 1.36 bits per heavy atom. The molecule has 0 spiro atoms. The molecule has 1 saturated carbocycles. The van der Waals surface area contributed by atoms with Crippen LogP contribution in [0.25, 0.3) is 0 Å². The van der Waals surface area contributed by atoms with Crippen LogP contribution >= 0.6 is 0 Å². The van der Waals surface area contributed by atoms with Gasteiger partial charge in [0.2, 0.25) is 11.8 Å². The van der Waals surface area contributed by atoms with Gasteiger partial charge in [-0.2, -0.15) is 0 Å².